The molecule has 0 amide bonds. The van der Waals surface area contributed by atoms with E-state index in [1.165, 1.54) is 12.8 Å². The fourth-order valence-corrected chi connectivity index (χ4v) is 1.86. The summed E-state index contributed by atoms with van der Waals surface area (Å²) in [5, 5.41) is 8.20. The highest BCUT2D eigenvalue weighted by atomic mass is 35.5. The fourth-order valence-electron chi connectivity index (χ4n) is 1.70. The second kappa shape index (κ2) is 7.57. The molecule has 1 aromatic rings. The molecule has 0 aliphatic heterocycles. The average Bonchev–Trinajstić information content (AvgIpc) is 2.28. The van der Waals surface area contributed by atoms with Crippen LogP contribution >= 0.6 is 11.6 Å². The van der Waals surface area contributed by atoms with Crippen molar-refractivity contribution in [1.29, 1.82) is 0 Å². The van der Waals surface area contributed by atoms with Gasteiger partial charge in [0, 0.05) is 19.2 Å². The van der Waals surface area contributed by atoms with E-state index in [9.17, 15) is 0 Å². The monoisotopic (exact) mass is 269 g/mol. The minimum Gasteiger partial charge on any atom is -0.370 e. The summed E-state index contributed by atoms with van der Waals surface area (Å²) in [5.74, 6) is 1.41. The number of hydrogen-bond donors (Lipinski definition) is 0. The van der Waals surface area contributed by atoms with Crippen molar-refractivity contribution in [2.24, 2.45) is 11.8 Å². The zero-order valence-corrected chi connectivity index (χ0v) is 12.6. The normalized spacial score (nSPS) is 11.3. The molecular weight excluding hydrogens is 246 g/mol. The minimum atomic E-state index is 0.464. The first-order valence-electron chi connectivity index (χ1n) is 6.72. The Morgan fingerprint density at radius 3 is 2.11 bits per heavy atom. The summed E-state index contributed by atoms with van der Waals surface area (Å²) >= 11 is 5.91. The second-order valence-corrected chi connectivity index (χ2v) is 5.98. The molecule has 4 heteroatoms. The standard InChI is InChI=1S/C14H24ClN3/c1-11(2)5-7-18(8-6-12(3)4)13-9-14(15)17-16-10-13/h9-12H,5-8H2,1-4H3. The molecule has 0 N–H and O–H groups in total. The van der Waals surface area contributed by atoms with E-state index in [-0.39, 0.29) is 0 Å². The van der Waals surface area contributed by atoms with Crippen LogP contribution < -0.4 is 4.90 Å². The Morgan fingerprint density at radius 1 is 1.11 bits per heavy atom. The van der Waals surface area contributed by atoms with Gasteiger partial charge in [-0.1, -0.05) is 39.3 Å². The van der Waals surface area contributed by atoms with E-state index in [4.69, 9.17) is 11.6 Å². The van der Waals surface area contributed by atoms with E-state index in [1.54, 1.807) is 6.20 Å². The molecule has 18 heavy (non-hydrogen) atoms. The molecule has 0 saturated heterocycles. The molecule has 0 bridgehead atoms. The van der Waals surface area contributed by atoms with E-state index >= 15 is 0 Å². The molecule has 0 aliphatic rings. The lowest BCUT2D eigenvalue weighted by Gasteiger charge is -2.26. The van der Waals surface area contributed by atoms with Crippen LogP contribution in [0.4, 0.5) is 5.69 Å². The maximum atomic E-state index is 5.91. The van der Waals surface area contributed by atoms with Gasteiger partial charge in [0.1, 0.15) is 0 Å². The van der Waals surface area contributed by atoms with Gasteiger partial charge >= 0.3 is 0 Å². The number of anilines is 1. The second-order valence-electron chi connectivity index (χ2n) is 5.59. The van der Waals surface area contributed by atoms with Crippen molar-refractivity contribution < 1.29 is 0 Å². The largest absolute Gasteiger partial charge is 0.370 e. The first kappa shape index (κ1) is 15.2. The van der Waals surface area contributed by atoms with Crippen LogP contribution in [-0.4, -0.2) is 23.3 Å². The van der Waals surface area contributed by atoms with Crippen molar-refractivity contribution in [3.8, 4) is 0 Å². The topological polar surface area (TPSA) is 29.0 Å². The highest BCUT2D eigenvalue weighted by Gasteiger charge is 2.09. The predicted molar refractivity (Wildman–Crippen MR) is 78.2 cm³/mol. The molecule has 1 aromatic heterocycles. The van der Waals surface area contributed by atoms with E-state index in [0.717, 1.165) is 18.8 Å². The number of nitrogens with zero attached hydrogens (tertiary/aromatic N) is 3. The fraction of sp³-hybridized carbons (Fsp3) is 0.714. The Hall–Kier alpha value is -0.830. The Kier molecular flexibility index (Phi) is 6.41. The molecule has 0 aromatic carbocycles. The van der Waals surface area contributed by atoms with Crippen molar-refractivity contribution in [1.82, 2.24) is 10.2 Å². The highest BCUT2D eigenvalue weighted by molar-refractivity contribution is 6.29. The predicted octanol–water partition coefficient (Wildman–Crippen LogP) is 4.03. The Balaban J connectivity index is 2.69. The van der Waals surface area contributed by atoms with Crippen LogP contribution in [0.15, 0.2) is 12.3 Å². The molecule has 0 radical (unpaired) electrons. The van der Waals surface area contributed by atoms with E-state index in [2.05, 4.69) is 42.8 Å². The van der Waals surface area contributed by atoms with Crippen LogP contribution in [0, 0.1) is 11.8 Å². The van der Waals surface area contributed by atoms with Gasteiger partial charge in [-0.15, -0.1) is 5.10 Å². The number of halogens is 1. The van der Waals surface area contributed by atoms with Crippen molar-refractivity contribution in [2.45, 2.75) is 40.5 Å². The lowest BCUT2D eigenvalue weighted by Crippen LogP contribution is -2.27. The summed E-state index contributed by atoms with van der Waals surface area (Å²) in [7, 11) is 0. The van der Waals surface area contributed by atoms with Gasteiger partial charge in [0.25, 0.3) is 0 Å². The van der Waals surface area contributed by atoms with Crippen LogP contribution in [0.5, 0.6) is 0 Å². The summed E-state index contributed by atoms with van der Waals surface area (Å²) in [6, 6.07) is 1.90. The molecule has 0 saturated carbocycles. The quantitative estimate of drug-likeness (QED) is 0.748. The molecular formula is C14H24ClN3. The summed E-state index contributed by atoms with van der Waals surface area (Å²) in [4.78, 5) is 2.36. The minimum absolute atomic E-state index is 0.464. The Bertz CT molecular complexity index is 341. The van der Waals surface area contributed by atoms with E-state index in [1.807, 2.05) is 6.07 Å². The van der Waals surface area contributed by atoms with Crippen LogP contribution in [-0.2, 0) is 0 Å². The molecule has 0 atom stereocenters. The van der Waals surface area contributed by atoms with Crippen LogP contribution in [0.2, 0.25) is 5.15 Å². The smallest absolute Gasteiger partial charge is 0.153 e. The summed E-state index contributed by atoms with van der Waals surface area (Å²) in [6.45, 7) is 11.1. The maximum absolute atomic E-state index is 5.91. The molecule has 0 aliphatic carbocycles. The van der Waals surface area contributed by atoms with Gasteiger partial charge < -0.3 is 4.90 Å². The van der Waals surface area contributed by atoms with Gasteiger partial charge in [0.2, 0.25) is 0 Å². The van der Waals surface area contributed by atoms with Gasteiger partial charge in [-0.05, 0) is 24.7 Å². The first-order valence-corrected chi connectivity index (χ1v) is 7.10. The van der Waals surface area contributed by atoms with Gasteiger partial charge in [0.15, 0.2) is 5.15 Å². The van der Waals surface area contributed by atoms with Crippen LogP contribution in [0.25, 0.3) is 0 Å². The van der Waals surface area contributed by atoms with Gasteiger partial charge in [-0.25, -0.2) is 0 Å². The van der Waals surface area contributed by atoms with Crippen molar-refractivity contribution in [2.75, 3.05) is 18.0 Å². The van der Waals surface area contributed by atoms with Gasteiger partial charge in [0.05, 0.1) is 11.9 Å². The van der Waals surface area contributed by atoms with E-state index < -0.39 is 0 Å². The lowest BCUT2D eigenvalue weighted by atomic mass is 10.1. The summed E-state index contributed by atoms with van der Waals surface area (Å²) in [6.07, 6.45) is 4.16. The third-order valence-electron chi connectivity index (χ3n) is 2.93. The zero-order chi connectivity index (χ0) is 13.5. The Morgan fingerprint density at radius 2 is 1.67 bits per heavy atom. The summed E-state index contributed by atoms with van der Waals surface area (Å²) in [5.41, 5.74) is 1.08. The average molecular weight is 270 g/mol. The number of rotatable bonds is 7. The van der Waals surface area contributed by atoms with Gasteiger partial charge in [-0.3, -0.25) is 0 Å². The molecule has 0 unspecified atom stereocenters. The lowest BCUT2D eigenvalue weighted by molar-refractivity contribution is 0.535. The molecule has 1 heterocycles. The SMILES string of the molecule is CC(C)CCN(CCC(C)C)c1cnnc(Cl)c1. The maximum Gasteiger partial charge on any atom is 0.153 e. The van der Waals surface area contributed by atoms with Crippen LogP contribution in [0.3, 0.4) is 0 Å². The summed E-state index contributed by atoms with van der Waals surface area (Å²) < 4.78 is 0. The number of hydrogen-bond acceptors (Lipinski definition) is 3. The zero-order valence-electron chi connectivity index (χ0n) is 11.9. The molecule has 1 rings (SSSR count). The Labute approximate surface area is 116 Å². The van der Waals surface area contributed by atoms with Crippen molar-refractivity contribution in [3.05, 3.63) is 17.4 Å². The third-order valence-corrected chi connectivity index (χ3v) is 3.11. The molecule has 102 valence electrons. The molecule has 0 fully saturated rings. The van der Waals surface area contributed by atoms with E-state index in [0.29, 0.717) is 17.0 Å². The highest BCUT2D eigenvalue weighted by Crippen LogP contribution is 2.18. The van der Waals surface area contributed by atoms with Crippen LogP contribution in [0.1, 0.15) is 40.5 Å². The molecule has 0 spiro atoms. The molecule has 3 nitrogen and oxygen atoms in total. The third kappa shape index (κ3) is 5.67. The number of aromatic nitrogens is 2. The van der Waals surface area contributed by atoms with Crippen molar-refractivity contribution >= 4 is 17.3 Å². The van der Waals surface area contributed by atoms with Crippen molar-refractivity contribution in [3.63, 3.8) is 0 Å². The van der Waals surface area contributed by atoms with Gasteiger partial charge in [-0.2, -0.15) is 5.10 Å². The first-order chi connectivity index (χ1) is 8.49.